The Morgan fingerprint density at radius 1 is 0.933 bits per heavy atom. The summed E-state index contributed by atoms with van der Waals surface area (Å²) in [6.45, 7) is 6.75. The third-order valence-electron chi connectivity index (χ3n) is 5.57. The van der Waals surface area contributed by atoms with Crippen LogP contribution >= 0.6 is 11.3 Å². The van der Waals surface area contributed by atoms with E-state index in [1.807, 2.05) is 0 Å². The maximum Gasteiger partial charge on any atom is 0.282 e. The fraction of sp³-hybridized carbons (Fsp3) is 0.722. The molecule has 0 spiro atoms. The highest BCUT2D eigenvalue weighted by Crippen LogP contribution is 2.28. The fourth-order valence-corrected chi connectivity index (χ4v) is 8.41. The highest BCUT2D eigenvalue weighted by Gasteiger charge is 2.33. The molecule has 0 aliphatic carbocycles. The average Bonchev–Trinajstić information content (AvgIpc) is 3.41. The van der Waals surface area contributed by atoms with Crippen LogP contribution in [0.25, 0.3) is 0 Å². The topological polar surface area (TPSA) is 98.3 Å². The van der Waals surface area contributed by atoms with Crippen molar-refractivity contribution < 1.29 is 21.6 Å². The number of rotatable bonds is 8. The Labute approximate surface area is 183 Å². The van der Waals surface area contributed by atoms with Crippen LogP contribution in [-0.4, -0.2) is 92.9 Å². The summed E-state index contributed by atoms with van der Waals surface area (Å²) in [5.41, 5.74) is 0. The smallest absolute Gasteiger partial charge is 0.282 e. The number of piperazine rings is 1. The number of carbonyl (C=O) groups excluding carboxylic acids is 1. The van der Waals surface area contributed by atoms with E-state index in [2.05, 4.69) is 0 Å². The summed E-state index contributed by atoms with van der Waals surface area (Å²) in [6.07, 6.45) is 1.89. The molecule has 1 aromatic heterocycles. The lowest BCUT2D eigenvalue weighted by atomic mass is 10.3. The molecular weight excluding hydrogens is 448 g/mol. The molecule has 2 fully saturated rings. The fourth-order valence-electron chi connectivity index (χ4n) is 3.79. The molecular formula is C18H30N4O5S3. The lowest BCUT2D eigenvalue weighted by Gasteiger charge is -2.36. The molecule has 0 aromatic carbocycles. The second kappa shape index (κ2) is 9.61. The number of hydrogen-bond donors (Lipinski definition) is 0. The molecule has 170 valence electrons. The van der Waals surface area contributed by atoms with Crippen LogP contribution in [0.5, 0.6) is 0 Å². The van der Waals surface area contributed by atoms with Gasteiger partial charge in [0.2, 0.25) is 5.91 Å². The Morgan fingerprint density at radius 2 is 1.53 bits per heavy atom. The third kappa shape index (κ3) is 4.89. The predicted octanol–water partition coefficient (Wildman–Crippen LogP) is 0.806. The van der Waals surface area contributed by atoms with Gasteiger partial charge in [0.1, 0.15) is 4.21 Å². The van der Waals surface area contributed by atoms with E-state index in [1.165, 1.54) is 12.9 Å². The second-order valence-corrected chi connectivity index (χ2v) is 12.6. The second-order valence-electron chi connectivity index (χ2n) is 7.38. The van der Waals surface area contributed by atoms with Crippen molar-refractivity contribution in [2.75, 3.05) is 52.4 Å². The first-order valence-corrected chi connectivity index (χ1v) is 14.0. The van der Waals surface area contributed by atoms with E-state index in [4.69, 9.17) is 0 Å². The van der Waals surface area contributed by atoms with E-state index in [-0.39, 0.29) is 29.6 Å². The molecule has 0 bridgehead atoms. The number of nitrogens with zero attached hydrogens (tertiary/aromatic N) is 4. The molecule has 2 aliphatic heterocycles. The van der Waals surface area contributed by atoms with Gasteiger partial charge in [-0.25, -0.2) is 8.42 Å². The minimum absolute atomic E-state index is 0.109. The number of amides is 1. The zero-order valence-electron chi connectivity index (χ0n) is 17.5. The molecule has 1 amide bonds. The zero-order chi connectivity index (χ0) is 21.9. The molecule has 0 radical (unpaired) electrons. The summed E-state index contributed by atoms with van der Waals surface area (Å²) in [6, 6.07) is 3.28. The van der Waals surface area contributed by atoms with E-state index < -0.39 is 20.2 Å². The van der Waals surface area contributed by atoms with Gasteiger partial charge in [-0.05, 0) is 25.0 Å². The minimum Gasteiger partial charge on any atom is -0.340 e. The summed E-state index contributed by atoms with van der Waals surface area (Å²) in [4.78, 5) is 15.0. The van der Waals surface area contributed by atoms with Crippen molar-refractivity contribution in [3.05, 3.63) is 17.0 Å². The standard InChI is InChI=1S/C18H30N4O5S3/c1-3-20(4-2)30(26,27)22-13-11-19(12-14-22)17(23)15-16-7-8-18(28-16)29(24,25)21-9-5-6-10-21/h7-8H,3-6,9-15H2,1-2H3. The van der Waals surface area contributed by atoms with Crippen LogP contribution in [-0.2, 0) is 31.4 Å². The summed E-state index contributed by atoms with van der Waals surface area (Å²) >= 11 is 1.14. The van der Waals surface area contributed by atoms with Gasteiger partial charge in [0.15, 0.2) is 0 Å². The van der Waals surface area contributed by atoms with E-state index >= 15 is 0 Å². The van der Waals surface area contributed by atoms with Crippen LogP contribution in [0.3, 0.4) is 0 Å². The first-order chi connectivity index (χ1) is 14.2. The number of hydrogen-bond acceptors (Lipinski definition) is 6. The number of thiophene rings is 1. The molecule has 3 heterocycles. The van der Waals surface area contributed by atoms with Gasteiger partial charge >= 0.3 is 0 Å². The Balaban J connectivity index is 1.57. The summed E-state index contributed by atoms with van der Waals surface area (Å²) in [5, 5.41) is 0. The Bertz CT molecular complexity index is 942. The van der Waals surface area contributed by atoms with Gasteiger partial charge in [-0.3, -0.25) is 4.79 Å². The molecule has 9 nitrogen and oxygen atoms in total. The van der Waals surface area contributed by atoms with E-state index in [0.29, 0.717) is 44.1 Å². The average molecular weight is 479 g/mol. The maximum atomic E-state index is 12.7. The molecule has 3 rings (SSSR count). The molecule has 0 N–H and O–H groups in total. The van der Waals surface area contributed by atoms with Crippen LogP contribution in [0.1, 0.15) is 31.6 Å². The summed E-state index contributed by atoms with van der Waals surface area (Å²) in [5.74, 6) is -0.109. The number of carbonyl (C=O) groups is 1. The van der Waals surface area contributed by atoms with E-state index in [1.54, 1.807) is 30.9 Å². The lowest BCUT2D eigenvalue weighted by Crippen LogP contribution is -2.54. The van der Waals surface area contributed by atoms with Crippen molar-refractivity contribution in [3.8, 4) is 0 Å². The molecule has 0 atom stereocenters. The summed E-state index contributed by atoms with van der Waals surface area (Å²) in [7, 11) is -6.96. The van der Waals surface area contributed by atoms with Gasteiger partial charge in [0.05, 0.1) is 6.42 Å². The zero-order valence-corrected chi connectivity index (χ0v) is 19.9. The molecule has 2 aliphatic rings. The first-order valence-electron chi connectivity index (χ1n) is 10.3. The molecule has 1 aromatic rings. The molecule has 0 saturated carbocycles. The highest BCUT2D eigenvalue weighted by atomic mass is 32.2. The van der Waals surface area contributed by atoms with Crippen molar-refractivity contribution in [1.82, 2.24) is 17.8 Å². The SMILES string of the molecule is CCN(CC)S(=O)(=O)N1CCN(C(=O)Cc2ccc(S(=O)(=O)N3CCCC3)s2)CC1. The van der Waals surface area contributed by atoms with Crippen molar-refractivity contribution in [2.45, 2.75) is 37.3 Å². The van der Waals surface area contributed by atoms with Gasteiger partial charge in [-0.15, -0.1) is 11.3 Å². The monoisotopic (exact) mass is 478 g/mol. The molecule has 30 heavy (non-hydrogen) atoms. The highest BCUT2D eigenvalue weighted by molar-refractivity contribution is 7.91. The first kappa shape index (κ1) is 23.6. The van der Waals surface area contributed by atoms with Crippen molar-refractivity contribution in [1.29, 1.82) is 0 Å². The summed E-state index contributed by atoms with van der Waals surface area (Å²) < 4.78 is 55.1. The number of sulfonamides is 1. The van der Waals surface area contributed by atoms with Crippen LogP contribution in [0.4, 0.5) is 0 Å². The lowest BCUT2D eigenvalue weighted by molar-refractivity contribution is -0.131. The maximum absolute atomic E-state index is 12.7. The Kier molecular flexibility index (Phi) is 7.57. The Hall–Kier alpha value is -1.05. The largest absolute Gasteiger partial charge is 0.340 e. The van der Waals surface area contributed by atoms with Crippen molar-refractivity contribution in [2.24, 2.45) is 0 Å². The van der Waals surface area contributed by atoms with Crippen LogP contribution < -0.4 is 0 Å². The molecule has 0 unspecified atom stereocenters. The minimum atomic E-state index is -3.49. The molecule has 12 heteroatoms. The van der Waals surface area contributed by atoms with Crippen molar-refractivity contribution >= 4 is 37.5 Å². The Morgan fingerprint density at radius 3 is 2.10 bits per heavy atom. The van der Waals surface area contributed by atoms with Crippen LogP contribution in [0.2, 0.25) is 0 Å². The van der Waals surface area contributed by atoms with Gasteiger partial charge in [-0.2, -0.15) is 21.3 Å². The van der Waals surface area contributed by atoms with Gasteiger partial charge in [0.25, 0.3) is 20.2 Å². The normalized spacial score (nSPS) is 19.6. The van der Waals surface area contributed by atoms with Gasteiger partial charge < -0.3 is 4.90 Å². The predicted molar refractivity (Wildman–Crippen MR) is 116 cm³/mol. The third-order valence-corrected chi connectivity index (χ3v) is 11.2. The van der Waals surface area contributed by atoms with E-state index in [9.17, 15) is 21.6 Å². The van der Waals surface area contributed by atoms with Gasteiger partial charge in [0, 0.05) is 57.2 Å². The van der Waals surface area contributed by atoms with Gasteiger partial charge in [-0.1, -0.05) is 13.8 Å². The van der Waals surface area contributed by atoms with Crippen LogP contribution in [0, 0.1) is 0 Å². The van der Waals surface area contributed by atoms with Crippen molar-refractivity contribution in [3.63, 3.8) is 0 Å². The van der Waals surface area contributed by atoms with E-state index in [0.717, 1.165) is 24.2 Å². The molecule has 2 saturated heterocycles. The quantitative estimate of drug-likeness (QED) is 0.551. The van der Waals surface area contributed by atoms with Crippen LogP contribution in [0.15, 0.2) is 16.3 Å².